The number of ether oxygens (including phenoxy) is 1. The van der Waals surface area contributed by atoms with Crippen LogP contribution in [0.1, 0.15) is 47.2 Å². The summed E-state index contributed by atoms with van der Waals surface area (Å²) in [6, 6.07) is 17.0. The van der Waals surface area contributed by atoms with Crippen LogP contribution in [-0.4, -0.2) is 22.6 Å². The zero-order chi connectivity index (χ0) is 21.5. The van der Waals surface area contributed by atoms with Crippen LogP contribution in [0.25, 0.3) is 21.8 Å². The highest BCUT2D eigenvalue weighted by Gasteiger charge is 2.47. The summed E-state index contributed by atoms with van der Waals surface area (Å²) >= 11 is 0. The summed E-state index contributed by atoms with van der Waals surface area (Å²) in [5.41, 5.74) is 7.31. The number of anilines is 1. The standard InChI is InChI=1S/C26H25N3O2/c1-14-9-10-19-17(11-14)26(2,3)18-13-29-21-8-6-5-7-15(21)16-12-20(25(30)31-4)28-23(24(16)29)22(18)27-19/h5-12,18,22,27H,13H2,1-4H3/t18-,22+/m1/s1. The molecule has 0 amide bonds. The molecule has 0 fully saturated rings. The van der Waals surface area contributed by atoms with Crippen molar-refractivity contribution >= 4 is 33.5 Å². The van der Waals surface area contributed by atoms with E-state index in [0.29, 0.717) is 5.69 Å². The molecule has 5 heteroatoms. The number of benzene rings is 2. The predicted octanol–water partition coefficient (Wildman–Crippen LogP) is 5.36. The molecule has 4 heterocycles. The Morgan fingerprint density at radius 1 is 1.16 bits per heavy atom. The molecule has 5 nitrogen and oxygen atoms in total. The smallest absolute Gasteiger partial charge is 0.356 e. The first-order valence-corrected chi connectivity index (χ1v) is 10.8. The molecule has 0 spiro atoms. The van der Waals surface area contributed by atoms with Gasteiger partial charge in [0.15, 0.2) is 0 Å². The molecule has 156 valence electrons. The number of nitrogens with one attached hydrogen (secondary N) is 1. The van der Waals surface area contributed by atoms with E-state index in [1.165, 1.54) is 23.8 Å². The summed E-state index contributed by atoms with van der Waals surface area (Å²) in [4.78, 5) is 17.4. The maximum atomic E-state index is 12.5. The van der Waals surface area contributed by atoms with Gasteiger partial charge in [-0.25, -0.2) is 9.78 Å². The third kappa shape index (κ3) is 2.37. The average Bonchev–Trinajstić information content (AvgIpc) is 3.09. The van der Waals surface area contributed by atoms with Gasteiger partial charge in [0.2, 0.25) is 0 Å². The van der Waals surface area contributed by atoms with E-state index in [2.05, 4.69) is 73.1 Å². The average molecular weight is 412 g/mol. The van der Waals surface area contributed by atoms with Crippen LogP contribution in [0.15, 0.2) is 48.5 Å². The molecule has 6 rings (SSSR count). The first-order chi connectivity index (χ1) is 14.9. The van der Waals surface area contributed by atoms with Crippen LogP contribution in [0.4, 0.5) is 5.69 Å². The molecule has 0 saturated carbocycles. The van der Waals surface area contributed by atoms with Crippen molar-refractivity contribution in [2.24, 2.45) is 5.92 Å². The van der Waals surface area contributed by atoms with Gasteiger partial charge in [0.25, 0.3) is 0 Å². The highest BCUT2D eigenvalue weighted by atomic mass is 16.5. The highest BCUT2D eigenvalue weighted by molar-refractivity contribution is 6.11. The van der Waals surface area contributed by atoms with Crippen molar-refractivity contribution in [1.29, 1.82) is 0 Å². The largest absolute Gasteiger partial charge is 0.464 e. The number of carbonyl (C=O) groups is 1. The Bertz CT molecular complexity index is 1400. The Morgan fingerprint density at radius 3 is 2.77 bits per heavy atom. The van der Waals surface area contributed by atoms with Gasteiger partial charge in [-0.2, -0.15) is 0 Å². The van der Waals surface area contributed by atoms with Crippen LogP contribution in [0.3, 0.4) is 0 Å². The van der Waals surface area contributed by atoms with Crippen LogP contribution < -0.4 is 5.32 Å². The zero-order valence-corrected chi connectivity index (χ0v) is 18.2. The van der Waals surface area contributed by atoms with Crippen molar-refractivity contribution in [3.05, 3.63) is 71.0 Å². The molecule has 2 aliphatic heterocycles. The molecule has 0 unspecified atom stereocenters. The Balaban J connectivity index is 1.68. The van der Waals surface area contributed by atoms with E-state index in [1.54, 1.807) is 0 Å². The molecule has 31 heavy (non-hydrogen) atoms. The third-order valence-electron chi connectivity index (χ3n) is 7.35. The fraction of sp³-hybridized carbons (Fsp3) is 0.308. The van der Waals surface area contributed by atoms with Crippen molar-refractivity contribution in [2.45, 2.75) is 38.8 Å². The topological polar surface area (TPSA) is 56.2 Å². The van der Waals surface area contributed by atoms with E-state index >= 15 is 0 Å². The normalized spacial score (nSPS) is 20.8. The minimum Gasteiger partial charge on any atom is -0.464 e. The second kappa shape index (κ2) is 6.10. The maximum absolute atomic E-state index is 12.5. The number of methoxy groups -OCH3 is 1. The van der Waals surface area contributed by atoms with Crippen molar-refractivity contribution < 1.29 is 9.53 Å². The molecular formula is C26H25N3O2. The van der Waals surface area contributed by atoms with E-state index in [9.17, 15) is 4.79 Å². The number of carbonyl (C=O) groups excluding carboxylic acids is 1. The first-order valence-electron chi connectivity index (χ1n) is 10.8. The molecule has 0 bridgehead atoms. The molecule has 0 radical (unpaired) electrons. The molecule has 0 aliphatic carbocycles. The SMILES string of the molecule is COC(=O)c1cc2c3ccccc3n3c2c(n1)[C@H]1Nc2ccc(C)cc2C(C)(C)[C@@H]1C3. The lowest BCUT2D eigenvalue weighted by molar-refractivity contribution is 0.0593. The number of hydrogen-bond donors (Lipinski definition) is 1. The van der Waals surface area contributed by atoms with E-state index < -0.39 is 5.97 Å². The summed E-state index contributed by atoms with van der Waals surface area (Å²) in [5, 5.41) is 6.00. The molecule has 2 aromatic carbocycles. The number of fused-ring (bicyclic) bond motifs is 6. The Kier molecular flexibility index (Phi) is 3.62. The van der Waals surface area contributed by atoms with Gasteiger partial charge in [-0.3, -0.25) is 0 Å². The van der Waals surface area contributed by atoms with E-state index in [-0.39, 0.29) is 17.4 Å². The second-order valence-electron chi connectivity index (χ2n) is 9.41. The van der Waals surface area contributed by atoms with Gasteiger partial charge in [-0.15, -0.1) is 0 Å². The summed E-state index contributed by atoms with van der Waals surface area (Å²) < 4.78 is 7.44. The molecule has 4 aromatic rings. The highest BCUT2D eigenvalue weighted by Crippen LogP contribution is 2.53. The van der Waals surface area contributed by atoms with Gasteiger partial charge < -0.3 is 14.6 Å². The maximum Gasteiger partial charge on any atom is 0.356 e. The number of para-hydroxylation sites is 1. The van der Waals surface area contributed by atoms with Crippen molar-refractivity contribution in [3.8, 4) is 0 Å². The predicted molar refractivity (Wildman–Crippen MR) is 123 cm³/mol. The van der Waals surface area contributed by atoms with Crippen molar-refractivity contribution in [2.75, 3.05) is 12.4 Å². The van der Waals surface area contributed by atoms with Gasteiger partial charge in [0.1, 0.15) is 5.69 Å². The van der Waals surface area contributed by atoms with Crippen molar-refractivity contribution in [3.63, 3.8) is 0 Å². The van der Waals surface area contributed by atoms with Crippen molar-refractivity contribution in [1.82, 2.24) is 9.55 Å². The zero-order valence-electron chi connectivity index (χ0n) is 18.2. The van der Waals surface area contributed by atoms with Gasteiger partial charge in [-0.05, 0) is 36.1 Å². The number of esters is 1. The van der Waals surface area contributed by atoms with Crippen LogP contribution in [0.5, 0.6) is 0 Å². The lowest BCUT2D eigenvalue weighted by Gasteiger charge is -2.48. The molecule has 2 aromatic heterocycles. The summed E-state index contributed by atoms with van der Waals surface area (Å²) in [6.07, 6.45) is 0. The van der Waals surface area contributed by atoms with Gasteiger partial charge in [-0.1, -0.05) is 49.7 Å². The fourth-order valence-electron chi connectivity index (χ4n) is 5.71. The van der Waals surface area contributed by atoms with Crippen LogP contribution in [-0.2, 0) is 16.7 Å². The number of nitrogens with zero attached hydrogens (tertiary/aromatic N) is 2. The lowest BCUT2D eigenvalue weighted by atomic mass is 9.65. The fourth-order valence-corrected chi connectivity index (χ4v) is 5.71. The van der Waals surface area contributed by atoms with Gasteiger partial charge >= 0.3 is 5.97 Å². The van der Waals surface area contributed by atoms with Crippen LogP contribution >= 0.6 is 0 Å². The molecule has 0 saturated heterocycles. The molecular weight excluding hydrogens is 386 g/mol. The Labute approximate surface area is 181 Å². The first kappa shape index (κ1) is 18.4. The summed E-state index contributed by atoms with van der Waals surface area (Å²) in [7, 11) is 1.41. The van der Waals surface area contributed by atoms with Gasteiger partial charge in [0.05, 0.1) is 24.4 Å². The quantitative estimate of drug-likeness (QED) is 0.429. The number of aryl methyl sites for hydroxylation is 1. The third-order valence-corrected chi connectivity index (χ3v) is 7.35. The minimum atomic E-state index is -0.400. The Hall–Kier alpha value is -3.34. The van der Waals surface area contributed by atoms with Crippen LogP contribution in [0, 0.1) is 12.8 Å². The van der Waals surface area contributed by atoms with Gasteiger partial charge in [0, 0.05) is 34.4 Å². The number of aromatic nitrogens is 2. The lowest BCUT2D eigenvalue weighted by Crippen LogP contribution is -2.45. The molecule has 2 atom stereocenters. The van der Waals surface area contributed by atoms with E-state index in [4.69, 9.17) is 9.72 Å². The monoisotopic (exact) mass is 411 g/mol. The van der Waals surface area contributed by atoms with E-state index in [1.807, 2.05) is 6.07 Å². The molecule has 2 aliphatic rings. The number of rotatable bonds is 1. The second-order valence-corrected chi connectivity index (χ2v) is 9.41. The summed E-state index contributed by atoms with van der Waals surface area (Å²) in [5.74, 6) is -0.114. The van der Waals surface area contributed by atoms with E-state index in [0.717, 1.165) is 34.2 Å². The summed E-state index contributed by atoms with van der Waals surface area (Å²) in [6.45, 7) is 7.71. The molecule has 1 N–H and O–H groups in total. The Morgan fingerprint density at radius 2 is 1.97 bits per heavy atom. The number of pyridine rings is 1. The van der Waals surface area contributed by atoms with Crippen LogP contribution in [0.2, 0.25) is 0 Å². The minimum absolute atomic E-state index is 0.0223. The number of hydrogen-bond acceptors (Lipinski definition) is 4.